The van der Waals surface area contributed by atoms with E-state index in [2.05, 4.69) is 16.4 Å². The van der Waals surface area contributed by atoms with Crippen molar-refractivity contribution in [1.82, 2.24) is 10.3 Å². The maximum absolute atomic E-state index is 11.6. The average Bonchev–Trinajstić information content (AvgIpc) is 2.29. The van der Waals surface area contributed by atoms with Crippen LogP contribution in [0.2, 0.25) is 0 Å². The third-order valence-electron chi connectivity index (χ3n) is 2.93. The first-order chi connectivity index (χ1) is 7.68. The molecule has 4 nitrogen and oxygen atoms in total. The van der Waals surface area contributed by atoms with Gasteiger partial charge in [-0.25, -0.2) is 0 Å². The van der Waals surface area contributed by atoms with Crippen molar-refractivity contribution in [3.63, 3.8) is 0 Å². The lowest BCUT2D eigenvalue weighted by molar-refractivity contribution is -0.122. The Morgan fingerprint density at radius 2 is 2.50 bits per heavy atom. The lowest BCUT2D eigenvalue weighted by Crippen LogP contribution is -2.41. The topological polar surface area (TPSA) is 68.0 Å². The van der Waals surface area contributed by atoms with Crippen LogP contribution in [0.4, 0.5) is 0 Å². The van der Waals surface area contributed by atoms with Crippen LogP contribution in [0.5, 0.6) is 0 Å². The number of aromatic nitrogens is 1. The number of hydrogen-bond donors (Lipinski definition) is 2. The van der Waals surface area contributed by atoms with Crippen LogP contribution in [-0.4, -0.2) is 16.9 Å². The molecule has 0 bridgehead atoms. The predicted molar refractivity (Wildman–Crippen MR) is 61.7 cm³/mol. The Morgan fingerprint density at radius 3 is 3.25 bits per heavy atom. The van der Waals surface area contributed by atoms with E-state index in [4.69, 9.17) is 5.73 Å². The number of nitrogens with two attached hydrogens (primary N) is 1. The van der Waals surface area contributed by atoms with Gasteiger partial charge in [0.15, 0.2) is 0 Å². The van der Waals surface area contributed by atoms with E-state index < -0.39 is 6.04 Å². The largest absolute Gasteiger partial charge is 0.346 e. The van der Waals surface area contributed by atoms with Gasteiger partial charge in [0.1, 0.15) is 0 Å². The number of pyridine rings is 1. The number of fused-ring (bicyclic) bond motifs is 1. The van der Waals surface area contributed by atoms with E-state index in [1.807, 2.05) is 6.07 Å². The van der Waals surface area contributed by atoms with Crippen LogP contribution < -0.4 is 11.1 Å². The smallest absolute Gasteiger partial charge is 0.237 e. The van der Waals surface area contributed by atoms with E-state index in [0.29, 0.717) is 0 Å². The zero-order valence-electron chi connectivity index (χ0n) is 9.44. The summed E-state index contributed by atoms with van der Waals surface area (Å²) in [6.07, 6.45) is 4.86. The summed E-state index contributed by atoms with van der Waals surface area (Å²) in [5.74, 6) is -0.108. The maximum atomic E-state index is 11.6. The fourth-order valence-corrected chi connectivity index (χ4v) is 2.05. The maximum Gasteiger partial charge on any atom is 0.237 e. The molecule has 1 aromatic rings. The van der Waals surface area contributed by atoms with Gasteiger partial charge in [0.25, 0.3) is 0 Å². The number of hydrogen-bond acceptors (Lipinski definition) is 3. The van der Waals surface area contributed by atoms with Crippen molar-refractivity contribution in [3.8, 4) is 0 Å². The SMILES string of the molecule is C[C@H](N)C(=O)NC1CCCc2cccnc21. The van der Waals surface area contributed by atoms with E-state index in [9.17, 15) is 4.79 Å². The fourth-order valence-electron chi connectivity index (χ4n) is 2.05. The Hall–Kier alpha value is -1.42. The van der Waals surface area contributed by atoms with Crippen LogP contribution in [0, 0.1) is 0 Å². The van der Waals surface area contributed by atoms with Gasteiger partial charge in [0.2, 0.25) is 5.91 Å². The summed E-state index contributed by atoms with van der Waals surface area (Å²) in [6.45, 7) is 1.69. The van der Waals surface area contributed by atoms with E-state index >= 15 is 0 Å². The highest BCUT2D eigenvalue weighted by Gasteiger charge is 2.23. The van der Waals surface area contributed by atoms with Crippen molar-refractivity contribution in [2.45, 2.75) is 38.3 Å². The average molecular weight is 219 g/mol. The summed E-state index contributed by atoms with van der Waals surface area (Å²) < 4.78 is 0. The molecule has 0 saturated heterocycles. The van der Waals surface area contributed by atoms with Gasteiger partial charge >= 0.3 is 0 Å². The molecule has 3 N–H and O–H groups in total. The summed E-state index contributed by atoms with van der Waals surface area (Å²) in [5, 5.41) is 2.95. The Labute approximate surface area is 95.3 Å². The lowest BCUT2D eigenvalue weighted by Gasteiger charge is -2.25. The van der Waals surface area contributed by atoms with E-state index in [-0.39, 0.29) is 11.9 Å². The van der Waals surface area contributed by atoms with Gasteiger partial charge < -0.3 is 11.1 Å². The molecule has 0 spiro atoms. The standard InChI is InChI=1S/C12H17N3O/c1-8(13)12(16)15-10-6-2-4-9-5-3-7-14-11(9)10/h3,5,7-8,10H,2,4,6,13H2,1H3,(H,15,16)/t8-,10?/m0/s1. The molecule has 1 aliphatic rings. The molecule has 0 aromatic carbocycles. The number of nitrogens with zero attached hydrogens (tertiary/aromatic N) is 1. The molecule has 2 atom stereocenters. The molecule has 86 valence electrons. The summed E-state index contributed by atoms with van der Waals surface area (Å²) >= 11 is 0. The number of rotatable bonds is 2. The molecule has 16 heavy (non-hydrogen) atoms. The van der Waals surface area contributed by atoms with Crippen molar-refractivity contribution in [3.05, 3.63) is 29.6 Å². The summed E-state index contributed by atoms with van der Waals surface area (Å²) in [6, 6.07) is 3.58. The quantitative estimate of drug-likeness (QED) is 0.777. The zero-order valence-corrected chi connectivity index (χ0v) is 9.44. The van der Waals surface area contributed by atoms with Crippen molar-refractivity contribution in [1.29, 1.82) is 0 Å². The van der Waals surface area contributed by atoms with Crippen LogP contribution in [0.15, 0.2) is 18.3 Å². The third-order valence-corrected chi connectivity index (χ3v) is 2.93. The fraction of sp³-hybridized carbons (Fsp3) is 0.500. The number of amides is 1. The summed E-state index contributed by atoms with van der Waals surface area (Å²) in [4.78, 5) is 15.9. The molecule has 1 unspecified atom stereocenters. The van der Waals surface area contributed by atoms with Gasteiger partial charge in [-0.2, -0.15) is 0 Å². The molecule has 1 heterocycles. The number of carbonyl (C=O) groups is 1. The minimum Gasteiger partial charge on any atom is -0.346 e. The van der Waals surface area contributed by atoms with Crippen LogP contribution in [0.25, 0.3) is 0 Å². The van der Waals surface area contributed by atoms with Crippen LogP contribution >= 0.6 is 0 Å². The minimum atomic E-state index is -0.464. The zero-order chi connectivity index (χ0) is 11.5. The van der Waals surface area contributed by atoms with Crippen molar-refractivity contribution in [2.24, 2.45) is 5.73 Å². The highest BCUT2D eigenvalue weighted by atomic mass is 16.2. The molecule has 0 radical (unpaired) electrons. The molecule has 0 aliphatic heterocycles. The number of aryl methyl sites for hydroxylation is 1. The second-order valence-electron chi connectivity index (χ2n) is 4.29. The van der Waals surface area contributed by atoms with Crippen molar-refractivity contribution in [2.75, 3.05) is 0 Å². The molecule has 2 rings (SSSR count). The van der Waals surface area contributed by atoms with Crippen LogP contribution in [0.1, 0.15) is 37.1 Å². The molecule has 4 heteroatoms. The van der Waals surface area contributed by atoms with Gasteiger partial charge in [-0.3, -0.25) is 9.78 Å². The predicted octanol–water partition coefficient (Wildman–Crippen LogP) is 0.922. The first kappa shape index (κ1) is 11.1. The van der Waals surface area contributed by atoms with Gasteiger partial charge in [0.05, 0.1) is 17.8 Å². The highest BCUT2D eigenvalue weighted by Crippen LogP contribution is 2.27. The Balaban J connectivity index is 2.16. The first-order valence-corrected chi connectivity index (χ1v) is 5.68. The minimum absolute atomic E-state index is 0.0310. The van der Waals surface area contributed by atoms with E-state index in [0.717, 1.165) is 25.0 Å². The summed E-state index contributed by atoms with van der Waals surface area (Å²) in [5.41, 5.74) is 7.78. The molecule has 1 amide bonds. The number of nitrogens with one attached hydrogen (secondary N) is 1. The Bertz CT molecular complexity index is 390. The van der Waals surface area contributed by atoms with Gasteiger partial charge in [-0.05, 0) is 37.8 Å². The van der Waals surface area contributed by atoms with Gasteiger partial charge in [0, 0.05) is 6.20 Å². The monoisotopic (exact) mass is 219 g/mol. The molecule has 0 fully saturated rings. The second-order valence-corrected chi connectivity index (χ2v) is 4.29. The van der Waals surface area contributed by atoms with Crippen LogP contribution in [-0.2, 0) is 11.2 Å². The van der Waals surface area contributed by atoms with Crippen LogP contribution in [0.3, 0.4) is 0 Å². The van der Waals surface area contributed by atoms with Gasteiger partial charge in [-0.1, -0.05) is 6.07 Å². The molecule has 0 saturated carbocycles. The lowest BCUT2D eigenvalue weighted by atomic mass is 9.92. The third kappa shape index (κ3) is 2.22. The molecule has 1 aromatic heterocycles. The second kappa shape index (κ2) is 4.61. The first-order valence-electron chi connectivity index (χ1n) is 5.68. The molecular weight excluding hydrogens is 202 g/mol. The summed E-state index contributed by atoms with van der Waals surface area (Å²) in [7, 11) is 0. The van der Waals surface area contributed by atoms with E-state index in [1.165, 1.54) is 5.56 Å². The van der Waals surface area contributed by atoms with E-state index in [1.54, 1.807) is 13.1 Å². The number of carbonyl (C=O) groups excluding carboxylic acids is 1. The molecule has 1 aliphatic carbocycles. The van der Waals surface area contributed by atoms with Crippen molar-refractivity contribution < 1.29 is 4.79 Å². The van der Waals surface area contributed by atoms with Crippen molar-refractivity contribution >= 4 is 5.91 Å². The Morgan fingerprint density at radius 1 is 1.69 bits per heavy atom. The molecular formula is C12H17N3O. The Kier molecular flexibility index (Phi) is 3.19. The normalized spacial score (nSPS) is 21.0. The van der Waals surface area contributed by atoms with Gasteiger partial charge in [-0.15, -0.1) is 0 Å². The highest BCUT2D eigenvalue weighted by molar-refractivity contribution is 5.81.